The molecule has 0 atom stereocenters. The number of methoxy groups -OCH3 is 1. The lowest BCUT2D eigenvalue weighted by Crippen LogP contribution is -2.31. The van der Waals surface area contributed by atoms with Crippen LogP contribution in [0.4, 0.5) is 5.69 Å². The highest BCUT2D eigenvalue weighted by atomic mass is 16.5. The number of aromatic nitrogens is 2. The average molecular weight is 434 g/mol. The van der Waals surface area contributed by atoms with Crippen molar-refractivity contribution in [1.29, 1.82) is 0 Å². The van der Waals surface area contributed by atoms with Crippen LogP contribution in [0.15, 0.2) is 64.3 Å². The smallest absolute Gasteiger partial charge is 0.337 e. The molecule has 2 aromatic carbocycles. The quantitative estimate of drug-likeness (QED) is 0.544. The Labute approximate surface area is 184 Å². The first kappa shape index (κ1) is 21.3. The minimum absolute atomic E-state index is 0.0502. The summed E-state index contributed by atoms with van der Waals surface area (Å²) < 4.78 is 10.3. The number of aliphatic hydroxyl groups is 1. The summed E-state index contributed by atoms with van der Waals surface area (Å²) in [6, 6.07) is 14.8. The van der Waals surface area contributed by atoms with Crippen molar-refractivity contribution in [2.45, 2.75) is 6.92 Å². The third kappa shape index (κ3) is 3.97. The van der Waals surface area contributed by atoms with E-state index in [0.29, 0.717) is 17.1 Å². The number of hydrogen-bond acceptors (Lipinski definition) is 8. The van der Waals surface area contributed by atoms with Gasteiger partial charge in [-0.2, -0.15) is 4.98 Å². The van der Waals surface area contributed by atoms with E-state index < -0.39 is 11.9 Å². The topological polar surface area (TPSA) is 118 Å². The van der Waals surface area contributed by atoms with Crippen molar-refractivity contribution in [3.63, 3.8) is 0 Å². The second-order valence-corrected chi connectivity index (χ2v) is 7.20. The second-order valence-electron chi connectivity index (χ2n) is 7.20. The minimum Gasteiger partial charge on any atom is -0.466 e. The maximum Gasteiger partial charge on any atom is 0.337 e. The van der Waals surface area contributed by atoms with E-state index in [1.807, 2.05) is 37.3 Å². The molecule has 9 heteroatoms. The lowest BCUT2D eigenvalue weighted by atomic mass is 10.1. The Balaban J connectivity index is 1.70. The molecule has 3 aromatic rings. The monoisotopic (exact) mass is 434 g/mol. The number of ether oxygens (including phenoxy) is 1. The van der Waals surface area contributed by atoms with Gasteiger partial charge in [-0.25, -0.2) is 4.79 Å². The number of amides is 1. The normalized spacial score (nSPS) is 13.6. The van der Waals surface area contributed by atoms with E-state index in [1.165, 1.54) is 12.0 Å². The zero-order valence-corrected chi connectivity index (χ0v) is 17.7. The Morgan fingerprint density at radius 2 is 1.91 bits per heavy atom. The summed E-state index contributed by atoms with van der Waals surface area (Å²) in [6.45, 7) is 1.91. The van der Waals surface area contributed by atoms with Crippen molar-refractivity contribution < 1.29 is 24.0 Å². The number of rotatable bonds is 7. The maximum atomic E-state index is 12.8. The van der Waals surface area contributed by atoms with Gasteiger partial charge < -0.3 is 24.6 Å². The zero-order chi connectivity index (χ0) is 22.7. The number of nitrogens with one attached hydrogen (secondary N) is 1. The number of para-hydroxylation sites is 1. The van der Waals surface area contributed by atoms with Crippen LogP contribution in [-0.2, 0) is 14.3 Å². The Morgan fingerprint density at radius 1 is 1.19 bits per heavy atom. The van der Waals surface area contributed by atoms with E-state index in [1.54, 1.807) is 18.2 Å². The molecule has 0 radical (unpaired) electrons. The number of β-amino-alcohol motifs (C(OH)–C–C–N with tert-alkyl or cyclic N) is 1. The van der Waals surface area contributed by atoms with E-state index in [0.717, 1.165) is 11.1 Å². The molecule has 0 unspecified atom stereocenters. The fourth-order valence-electron chi connectivity index (χ4n) is 3.53. The van der Waals surface area contributed by atoms with Crippen LogP contribution >= 0.6 is 0 Å². The zero-order valence-electron chi connectivity index (χ0n) is 17.7. The van der Waals surface area contributed by atoms with E-state index in [4.69, 9.17) is 9.26 Å². The van der Waals surface area contributed by atoms with Gasteiger partial charge in [0.05, 0.1) is 37.1 Å². The number of aryl methyl sites for hydroxylation is 1. The fraction of sp³-hybridized carbons (Fsp3) is 0.217. The maximum absolute atomic E-state index is 12.8. The van der Waals surface area contributed by atoms with Crippen LogP contribution < -0.4 is 5.32 Å². The predicted octanol–water partition coefficient (Wildman–Crippen LogP) is 2.39. The van der Waals surface area contributed by atoms with Crippen LogP contribution in [0.1, 0.15) is 5.56 Å². The van der Waals surface area contributed by atoms with E-state index >= 15 is 0 Å². The van der Waals surface area contributed by atoms with Gasteiger partial charge in [0, 0.05) is 12.1 Å². The third-order valence-corrected chi connectivity index (χ3v) is 5.18. The predicted molar refractivity (Wildman–Crippen MR) is 116 cm³/mol. The number of hydrogen-bond donors (Lipinski definition) is 2. The van der Waals surface area contributed by atoms with Crippen molar-refractivity contribution in [2.24, 2.45) is 0 Å². The number of carbonyl (C=O) groups is 2. The van der Waals surface area contributed by atoms with Gasteiger partial charge in [-0.3, -0.25) is 4.79 Å². The van der Waals surface area contributed by atoms with Crippen molar-refractivity contribution in [1.82, 2.24) is 15.0 Å². The molecule has 2 N–H and O–H groups in total. The number of aliphatic hydroxyl groups excluding tert-OH is 1. The fourth-order valence-corrected chi connectivity index (χ4v) is 3.53. The number of anilines is 1. The highest BCUT2D eigenvalue weighted by Gasteiger charge is 2.35. The third-order valence-electron chi connectivity index (χ3n) is 5.18. The highest BCUT2D eigenvalue weighted by Crippen LogP contribution is 2.32. The van der Waals surface area contributed by atoms with Crippen LogP contribution in [0, 0.1) is 6.92 Å². The summed E-state index contributed by atoms with van der Waals surface area (Å²) >= 11 is 0. The molecular formula is C23H22N4O5. The molecule has 0 fully saturated rings. The molecule has 0 bridgehead atoms. The summed E-state index contributed by atoms with van der Waals surface area (Å²) in [5.41, 5.74) is 3.24. The molecule has 32 heavy (non-hydrogen) atoms. The van der Waals surface area contributed by atoms with Gasteiger partial charge in [-0.1, -0.05) is 41.6 Å². The van der Waals surface area contributed by atoms with Gasteiger partial charge in [0.1, 0.15) is 5.70 Å². The molecule has 0 saturated carbocycles. The van der Waals surface area contributed by atoms with Crippen molar-refractivity contribution in [3.8, 4) is 22.8 Å². The summed E-state index contributed by atoms with van der Waals surface area (Å²) in [4.78, 5) is 31.0. The molecule has 164 valence electrons. The van der Waals surface area contributed by atoms with Crippen LogP contribution in [0.3, 0.4) is 0 Å². The van der Waals surface area contributed by atoms with Crippen LogP contribution in [0.2, 0.25) is 0 Å². The Kier molecular flexibility index (Phi) is 6.00. The van der Waals surface area contributed by atoms with E-state index in [9.17, 15) is 14.7 Å². The molecular weight excluding hydrogens is 412 g/mol. The molecule has 1 amide bonds. The number of nitrogens with zero attached hydrogens (tertiary/aromatic N) is 3. The van der Waals surface area contributed by atoms with Gasteiger partial charge >= 0.3 is 5.97 Å². The van der Waals surface area contributed by atoms with Crippen LogP contribution in [-0.4, -0.2) is 58.8 Å². The van der Waals surface area contributed by atoms with Crippen molar-refractivity contribution >= 4 is 17.6 Å². The highest BCUT2D eigenvalue weighted by molar-refractivity contribution is 6.09. The second kappa shape index (κ2) is 9.03. The first-order valence-electron chi connectivity index (χ1n) is 10.0. The number of esters is 1. The molecule has 9 nitrogen and oxygen atoms in total. The summed E-state index contributed by atoms with van der Waals surface area (Å²) in [6.07, 6.45) is 0. The van der Waals surface area contributed by atoms with Crippen LogP contribution in [0.25, 0.3) is 22.8 Å². The number of benzene rings is 2. The molecule has 1 aliphatic heterocycles. The SMILES string of the molecule is COC(=O)C1=C(Nc2ccccc2-c2nc(-c3ccccc3C)no2)C(=O)N(CCO)C1. The average Bonchev–Trinajstić information content (AvgIpc) is 3.40. The summed E-state index contributed by atoms with van der Waals surface area (Å²) in [5, 5.41) is 16.4. The Bertz CT molecular complexity index is 1200. The van der Waals surface area contributed by atoms with Gasteiger partial charge in [0.15, 0.2) is 0 Å². The van der Waals surface area contributed by atoms with Gasteiger partial charge in [0.25, 0.3) is 11.8 Å². The molecule has 0 aliphatic carbocycles. The molecule has 4 rings (SSSR count). The summed E-state index contributed by atoms with van der Waals surface area (Å²) in [5.74, 6) is -0.295. The van der Waals surface area contributed by atoms with Gasteiger partial charge in [-0.15, -0.1) is 0 Å². The lowest BCUT2D eigenvalue weighted by molar-refractivity contribution is -0.136. The first-order valence-corrected chi connectivity index (χ1v) is 10.0. The Morgan fingerprint density at radius 3 is 2.62 bits per heavy atom. The Hall–Kier alpha value is -3.98. The van der Waals surface area contributed by atoms with Crippen molar-refractivity contribution in [3.05, 3.63) is 65.4 Å². The molecule has 2 heterocycles. The van der Waals surface area contributed by atoms with Gasteiger partial charge in [0.2, 0.25) is 5.82 Å². The standard InChI is InChI=1S/C23H22N4O5/c1-14-7-3-4-8-15(14)20-25-21(32-26-20)16-9-5-6-10-18(16)24-19-17(23(30)31-2)13-27(11-12-28)22(19)29/h3-10,24,28H,11-13H2,1-2H3. The van der Waals surface area contributed by atoms with E-state index in [2.05, 4.69) is 15.5 Å². The molecule has 1 aliphatic rings. The summed E-state index contributed by atoms with van der Waals surface area (Å²) in [7, 11) is 1.26. The first-order chi connectivity index (χ1) is 15.5. The van der Waals surface area contributed by atoms with Crippen LogP contribution in [0.5, 0.6) is 0 Å². The van der Waals surface area contributed by atoms with Crippen molar-refractivity contribution in [2.75, 3.05) is 32.1 Å². The molecule has 1 aromatic heterocycles. The van der Waals surface area contributed by atoms with Gasteiger partial charge in [-0.05, 0) is 24.6 Å². The number of carbonyl (C=O) groups excluding carboxylic acids is 2. The van der Waals surface area contributed by atoms with E-state index in [-0.39, 0.29) is 36.9 Å². The molecule has 0 saturated heterocycles. The minimum atomic E-state index is -0.613. The largest absolute Gasteiger partial charge is 0.466 e. The lowest BCUT2D eigenvalue weighted by Gasteiger charge is -2.15. The molecule has 0 spiro atoms.